The van der Waals surface area contributed by atoms with Gasteiger partial charge in [-0.25, -0.2) is 0 Å². The largest absolute Gasteiger partial charge is 0.491 e. The van der Waals surface area contributed by atoms with Gasteiger partial charge in [-0.2, -0.15) is 0 Å². The van der Waals surface area contributed by atoms with Gasteiger partial charge >= 0.3 is 0 Å². The van der Waals surface area contributed by atoms with Crippen molar-refractivity contribution in [1.82, 2.24) is 0 Å². The van der Waals surface area contributed by atoms with Crippen LogP contribution in [-0.2, 0) is 63.0 Å². The Labute approximate surface area is 341 Å². The van der Waals surface area contributed by atoms with Gasteiger partial charge in [0.25, 0.3) is 0 Å². The van der Waals surface area contributed by atoms with Crippen molar-refractivity contribution >= 4 is 8.32 Å². The van der Waals surface area contributed by atoms with Gasteiger partial charge in [-0.3, -0.25) is 0 Å². The van der Waals surface area contributed by atoms with Crippen LogP contribution >= 0.6 is 0 Å². The topological polar surface area (TPSA) is 120 Å². The summed E-state index contributed by atoms with van der Waals surface area (Å²) < 4.78 is 72.2. The number of unbranched alkanes of at least 4 members (excludes halogenated alkanes) is 6. The van der Waals surface area contributed by atoms with Crippen LogP contribution < -0.4 is 4.74 Å². The molecule has 0 radical (unpaired) electrons. The van der Waals surface area contributed by atoms with Gasteiger partial charge in [-0.1, -0.05) is 57.6 Å². The van der Waals surface area contributed by atoms with Crippen LogP contribution in [0.25, 0.3) is 0 Å². The molecule has 1 aromatic rings. The molecule has 13 nitrogen and oxygen atoms in total. The number of hydrogen-bond acceptors (Lipinski definition) is 13. The lowest BCUT2D eigenvalue weighted by Gasteiger charge is -2.16. The summed E-state index contributed by atoms with van der Waals surface area (Å²) in [7, 11) is -1.46. The maximum atomic E-state index is 5.79. The highest BCUT2D eigenvalue weighted by atomic mass is 28.4. The second kappa shape index (κ2) is 41.9. The van der Waals surface area contributed by atoms with Crippen molar-refractivity contribution in [3.05, 3.63) is 29.8 Å². The summed E-state index contributed by atoms with van der Waals surface area (Å²) in [5.41, 5.74) is 1.38. The molecule has 0 aliphatic rings. The van der Waals surface area contributed by atoms with Crippen LogP contribution in [0, 0.1) is 0 Å². The number of hydrogen-bond donors (Lipinski definition) is 0. The zero-order chi connectivity index (χ0) is 40.3. The Bertz CT molecular complexity index is 908. The van der Waals surface area contributed by atoms with E-state index in [1.807, 2.05) is 0 Å². The molecule has 0 fully saturated rings. The summed E-state index contributed by atoms with van der Waals surface area (Å²) >= 11 is 0. The summed E-state index contributed by atoms with van der Waals surface area (Å²) in [5, 5.41) is 0. The van der Waals surface area contributed by atoms with Crippen LogP contribution in [0.15, 0.2) is 24.3 Å². The fourth-order valence-corrected chi connectivity index (χ4v) is 5.66. The quantitative estimate of drug-likeness (QED) is 0.0534. The number of ether oxygens (including phenoxy) is 12. The molecule has 0 aliphatic heterocycles. The minimum absolute atomic E-state index is 0.511. The van der Waals surface area contributed by atoms with Crippen molar-refractivity contribution in [2.45, 2.75) is 77.9 Å². The monoisotopic (exact) mass is 821 g/mol. The molecule has 0 unspecified atom stereocenters. The summed E-state index contributed by atoms with van der Waals surface area (Å²) in [6.45, 7) is 21.5. The first-order valence-corrected chi connectivity index (χ1v) is 24.6. The van der Waals surface area contributed by atoms with Gasteiger partial charge in [0.15, 0.2) is 8.32 Å². The van der Waals surface area contributed by atoms with Crippen LogP contribution in [0.3, 0.4) is 0 Å². The van der Waals surface area contributed by atoms with E-state index in [-0.39, 0.29) is 0 Å². The maximum Gasteiger partial charge on any atom is 0.183 e. The number of aryl methyl sites for hydroxylation is 1. The van der Waals surface area contributed by atoms with Gasteiger partial charge in [-0.05, 0) is 50.2 Å². The van der Waals surface area contributed by atoms with E-state index >= 15 is 0 Å². The van der Waals surface area contributed by atoms with E-state index in [4.69, 9.17) is 61.3 Å². The molecule has 1 rings (SSSR count). The van der Waals surface area contributed by atoms with Gasteiger partial charge in [0, 0.05) is 0 Å². The van der Waals surface area contributed by atoms with Crippen molar-refractivity contribution in [2.75, 3.05) is 159 Å². The predicted octanol–water partition coefficient (Wildman–Crippen LogP) is 6.39. The van der Waals surface area contributed by atoms with Crippen molar-refractivity contribution in [3.63, 3.8) is 0 Å². The molecule has 0 heterocycles. The standard InChI is InChI=1S/C42H80O13Si/c1-5-6-7-8-9-10-11-12-41-13-15-42(16-14-41)54-39-37-52-35-33-50-31-29-48-27-25-46-23-21-44-19-17-43-18-20-45-22-24-47-26-28-49-30-32-51-34-36-53-38-40-55-56(2,3)4/h13-16H,5-12,17-40H2,1-4H3. The number of benzene rings is 1. The average Bonchev–Trinajstić information content (AvgIpc) is 3.19. The Morgan fingerprint density at radius 2 is 0.625 bits per heavy atom. The van der Waals surface area contributed by atoms with E-state index in [0.29, 0.717) is 159 Å². The third kappa shape index (κ3) is 40.9. The molecule has 0 aromatic heterocycles. The maximum absolute atomic E-state index is 5.79. The van der Waals surface area contributed by atoms with E-state index in [9.17, 15) is 0 Å². The van der Waals surface area contributed by atoms with Gasteiger partial charge in [0.2, 0.25) is 0 Å². The molecule has 1 aromatic carbocycles. The number of rotatable bonds is 46. The highest BCUT2D eigenvalue weighted by Crippen LogP contribution is 2.15. The molecule has 0 atom stereocenters. The van der Waals surface area contributed by atoms with Crippen LogP contribution in [0.1, 0.15) is 57.4 Å². The first-order valence-electron chi connectivity index (χ1n) is 21.2. The summed E-state index contributed by atoms with van der Waals surface area (Å²) in [4.78, 5) is 0. The van der Waals surface area contributed by atoms with Crippen LogP contribution in [0.2, 0.25) is 19.6 Å². The zero-order valence-electron chi connectivity index (χ0n) is 35.7. The lowest BCUT2D eigenvalue weighted by molar-refractivity contribution is -0.0279. The lowest BCUT2D eigenvalue weighted by atomic mass is 10.0. The highest BCUT2D eigenvalue weighted by molar-refractivity contribution is 6.69. The smallest absolute Gasteiger partial charge is 0.183 e. The van der Waals surface area contributed by atoms with Crippen molar-refractivity contribution in [1.29, 1.82) is 0 Å². The minimum Gasteiger partial charge on any atom is -0.491 e. The molecule has 0 amide bonds. The third-order valence-electron chi connectivity index (χ3n) is 7.97. The molecule has 0 N–H and O–H groups in total. The molecule has 330 valence electrons. The van der Waals surface area contributed by atoms with E-state index < -0.39 is 8.32 Å². The average molecular weight is 821 g/mol. The van der Waals surface area contributed by atoms with Crippen LogP contribution in [-0.4, -0.2) is 167 Å². The molecule has 0 aliphatic carbocycles. The third-order valence-corrected chi connectivity index (χ3v) is 9.04. The van der Waals surface area contributed by atoms with Crippen LogP contribution in [0.5, 0.6) is 5.75 Å². The first kappa shape index (κ1) is 52.8. The summed E-state index contributed by atoms with van der Waals surface area (Å²) in [6.07, 6.45) is 10.5. The Balaban J connectivity index is 1.67. The molecule has 14 heteroatoms. The highest BCUT2D eigenvalue weighted by Gasteiger charge is 2.13. The SMILES string of the molecule is CCCCCCCCCc1ccc(OCCOCCOCCOCCOCCOCCOCCOCCOCCOCCOCCOCCO[Si](C)(C)C)cc1. The van der Waals surface area contributed by atoms with E-state index in [0.717, 1.165) is 12.2 Å². The molecule has 0 saturated carbocycles. The zero-order valence-corrected chi connectivity index (χ0v) is 36.7. The van der Waals surface area contributed by atoms with Crippen molar-refractivity contribution < 1.29 is 61.3 Å². The van der Waals surface area contributed by atoms with Crippen molar-refractivity contribution in [3.8, 4) is 5.75 Å². The lowest BCUT2D eigenvalue weighted by Crippen LogP contribution is -2.27. The molecular weight excluding hydrogens is 741 g/mol. The Kier molecular flexibility index (Phi) is 39.5. The van der Waals surface area contributed by atoms with E-state index in [2.05, 4.69) is 50.8 Å². The minimum atomic E-state index is -1.46. The predicted molar refractivity (Wildman–Crippen MR) is 222 cm³/mol. The van der Waals surface area contributed by atoms with Gasteiger partial charge in [0.05, 0.1) is 152 Å². The molecule has 56 heavy (non-hydrogen) atoms. The summed E-state index contributed by atoms with van der Waals surface area (Å²) in [5.74, 6) is 0.887. The Morgan fingerprint density at radius 1 is 0.339 bits per heavy atom. The molecule has 0 saturated heterocycles. The van der Waals surface area contributed by atoms with Gasteiger partial charge in [-0.15, -0.1) is 0 Å². The fraction of sp³-hybridized carbons (Fsp3) is 0.857. The van der Waals surface area contributed by atoms with Gasteiger partial charge in [0.1, 0.15) is 12.4 Å². The second-order valence-corrected chi connectivity index (χ2v) is 18.6. The first-order chi connectivity index (χ1) is 27.5. The second-order valence-electron chi connectivity index (χ2n) is 14.1. The Hall–Kier alpha value is -1.24. The van der Waals surface area contributed by atoms with E-state index in [1.165, 1.54) is 50.5 Å². The molecule has 0 spiro atoms. The molecular formula is C42H80O13Si. The summed E-state index contributed by atoms with van der Waals surface area (Å²) in [6, 6.07) is 8.46. The molecule has 0 bridgehead atoms. The van der Waals surface area contributed by atoms with E-state index in [1.54, 1.807) is 0 Å². The Morgan fingerprint density at radius 3 is 0.946 bits per heavy atom. The fourth-order valence-electron chi connectivity index (χ4n) is 4.96. The van der Waals surface area contributed by atoms with Crippen molar-refractivity contribution in [2.24, 2.45) is 0 Å². The van der Waals surface area contributed by atoms with Crippen LogP contribution in [0.4, 0.5) is 0 Å². The van der Waals surface area contributed by atoms with Gasteiger partial charge < -0.3 is 61.3 Å². The normalized spacial score (nSPS) is 11.9.